The molecule has 0 N–H and O–H groups in total. The van der Waals surface area contributed by atoms with E-state index in [2.05, 4.69) is 0 Å². The topological polar surface area (TPSA) is 37.4 Å². The van der Waals surface area contributed by atoms with E-state index in [1.54, 1.807) is 29.2 Å². The fourth-order valence-corrected chi connectivity index (χ4v) is 1.45. The number of amides is 1. The third kappa shape index (κ3) is 1.53. The van der Waals surface area contributed by atoms with Crippen LogP contribution >= 0.6 is 0 Å². The van der Waals surface area contributed by atoms with Gasteiger partial charge in [0.05, 0.1) is 0 Å². The second kappa shape index (κ2) is 3.62. The van der Waals surface area contributed by atoms with Crippen LogP contribution in [-0.4, -0.2) is 30.2 Å². The van der Waals surface area contributed by atoms with Crippen LogP contribution in [0.15, 0.2) is 24.3 Å². The molecule has 1 fully saturated rings. The predicted molar refractivity (Wildman–Crippen MR) is 52.4 cm³/mol. The highest BCUT2D eigenvalue weighted by atomic mass is 16.2. The first-order chi connectivity index (χ1) is 6.81. The van der Waals surface area contributed by atoms with Crippen molar-refractivity contribution in [1.82, 2.24) is 4.90 Å². The Hall–Kier alpha value is -1.64. The lowest BCUT2D eigenvalue weighted by Crippen LogP contribution is -2.42. The summed E-state index contributed by atoms with van der Waals surface area (Å²) in [7, 11) is 0. The molecule has 0 atom stereocenters. The Bertz CT molecular complexity index is 369. The van der Waals surface area contributed by atoms with E-state index in [-0.39, 0.29) is 5.91 Å². The normalized spacial score (nSPS) is 14.7. The standard InChI is InChI=1S/C11H11NO2/c13-8-9-3-1-4-10(7-9)11(14)12-5-2-6-12/h1,3-4,7-8H,2,5-6H2. The largest absolute Gasteiger partial charge is 0.339 e. The van der Waals surface area contributed by atoms with Crippen LogP contribution in [0.4, 0.5) is 0 Å². The molecule has 0 spiro atoms. The van der Waals surface area contributed by atoms with Crippen molar-refractivity contribution in [3.05, 3.63) is 35.4 Å². The minimum Gasteiger partial charge on any atom is -0.339 e. The quantitative estimate of drug-likeness (QED) is 0.658. The molecule has 0 bridgehead atoms. The van der Waals surface area contributed by atoms with Crippen molar-refractivity contribution in [3.8, 4) is 0 Å². The highest BCUT2D eigenvalue weighted by Crippen LogP contribution is 2.13. The Morgan fingerprint density at radius 3 is 2.71 bits per heavy atom. The number of aldehydes is 1. The smallest absolute Gasteiger partial charge is 0.253 e. The molecule has 0 aromatic heterocycles. The molecule has 2 rings (SSSR count). The summed E-state index contributed by atoms with van der Waals surface area (Å²) in [6, 6.07) is 6.80. The zero-order chi connectivity index (χ0) is 9.97. The van der Waals surface area contributed by atoms with Crippen LogP contribution < -0.4 is 0 Å². The van der Waals surface area contributed by atoms with Crippen LogP contribution in [0.25, 0.3) is 0 Å². The summed E-state index contributed by atoms with van der Waals surface area (Å²) in [5.74, 6) is 0.0277. The van der Waals surface area contributed by atoms with Crippen LogP contribution in [0, 0.1) is 0 Å². The molecule has 0 saturated carbocycles. The van der Waals surface area contributed by atoms with Crippen molar-refractivity contribution >= 4 is 12.2 Å². The molecule has 1 heterocycles. The first-order valence-electron chi connectivity index (χ1n) is 4.66. The lowest BCUT2D eigenvalue weighted by Gasteiger charge is -2.30. The van der Waals surface area contributed by atoms with E-state index in [0.29, 0.717) is 11.1 Å². The Labute approximate surface area is 82.3 Å². The monoisotopic (exact) mass is 189 g/mol. The molecule has 1 aromatic rings. The maximum atomic E-state index is 11.7. The SMILES string of the molecule is O=Cc1cccc(C(=O)N2CCC2)c1. The fourth-order valence-electron chi connectivity index (χ4n) is 1.45. The van der Waals surface area contributed by atoms with Gasteiger partial charge in [-0.05, 0) is 18.6 Å². The molecule has 3 heteroatoms. The summed E-state index contributed by atoms with van der Waals surface area (Å²) in [6.45, 7) is 1.67. The van der Waals surface area contributed by atoms with Crippen molar-refractivity contribution in [2.45, 2.75) is 6.42 Å². The van der Waals surface area contributed by atoms with E-state index >= 15 is 0 Å². The van der Waals surface area contributed by atoms with Crippen LogP contribution in [0.3, 0.4) is 0 Å². The second-order valence-electron chi connectivity index (χ2n) is 3.39. The lowest BCUT2D eigenvalue weighted by atomic mass is 10.1. The molecular weight excluding hydrogens is 178 g/mol. The van der Waals surface area contributed by atoms with E-state index < -0.39 is 0 Å². The van der Waals surface area contributed by atoms with Gasteiger partial charge in [0, 0.05) is 24.2 Å². The van der Waals surface area contributed by atoms with Crippen LogP contribution in [0.2, 0.25) is 0 Å². The Morgan fingerprint density at radius 1 is 1.36 bits per heavy atom. The van der Waals surface area contributed by atoms with Gasteiger partial charge in [0.15, 0.2) is 0 Å². The van der Waals surface area contributed by atoms with Gasteiger partial charge >= 0.3 is 0 Å². The van der Waals surface area contributed by atoms with Gasteiger partial charge in [0.1, 0.15) is 6.29 Å². The van der Waals surface area contributed by atoms with Crippen molar-refractivity contribution in [2.75, 3.05) is 13.1 Å². The van der Waals surface area contributed by atoms with Gasteiger partial charge < -0.3 is 4.90 Å². The molecular formula is C11H11NO2. The second-order valence-corrected chi connectivity index (χ2v) is 3.39. The molecule has 3 nitrogen and oxygen atoms in total. The molecule has 0 aliphatic carbocycles. The first kappa shape index (κ1) is 8.94. The van der Waals surface area contributed by atoms with E-state index in [1.165, 1.54) is 0 Å². The zero-order valence-corrected chi connectivity index (χ0v) is 7.77. The molecule has 1 saturated heterocycles. The number of hydrogen-bond acceptors (Lipinski definition) is 2. The minimum atomic E-state index is 0.0277. The molecule has 0 radical (unpaired) electrons. The van der Waals surface area contributed by atoms with Gasteiger partial charge in [-0.3, -0.25) is 9.59 Å². The van der Waals surface area contributed by atoms with Crippen LogP contribution in [0.1, 0.15) is 27.1 Å². The van der Waals surface area contributed by atoms with Gasteiger partial charge in [0.2, 0.25) is 0 Å². The number of likely N-dealkylation sites (tertiary alicyclic amines) is 1. The van der Waals surface area contributed by atoms with E-state index in [4.69, 9.17) is 0 Å². The van der Waals surface area contributed by atoms with Crippen molar-refractivity contribution < 1.29 is 9.59 Å². The number of rotatable bonds is 2. The average molecular weight is 189 g/mol. The highest BCUT2D eigenvalue weighted by Gasteiger charge is 2.21. The lowest BCUT2D eigenvalue weighted by molar-refractivity contribution is 0.0652. The van der Waals surface area contributed by atoms with Gasteiger partial charge in [-0.25, -0.2) is 0 Å². The Morgan fingerprint density at radius 2 is 2.14 bits per heavy atom. The summed E-state index contributed by atoms with van der Waals surface area (Å²) in [5.41, 5.74) is 1.16. The minimum absolute atomic E-state index is 0.0277. The first-order valence-corrected chi connectivity index (χ1v) is 4.66. The van der Waals surface area contributed by atoms with Crippen LogP contribution in [-0.2, 0) is 0 Å². The van der Waals surface area contributed by atoms with Crippen LogP contribution in [0.5, 0.6) is 0 Å². The number of carbonyl (C=O) groups is 2. The fraction of sp³-hybridized carbons (Fsp3) is 0.273. The molecule has 1 aliphatic heterocycles. The van der Waals surface area contributed by atoms with Crippen molar-refractivity contribution in [1.29, 1.82) is 0 Å². The third-order valence-electron chi connectivity index (χ3n) is 2.41. The number of carbonyl (C=O) groups excluding carboxylic acids is 2. The molecule has 1 aromatic carbocycles. The van der Waals surface area contributed by atoms with Crippen molar-refractivity contribution in [2.24, 2.45) is 0 Å². The Kier molecular flexibility index (Phi) is 2.31. The van der Waals surface area contributed by atoms with E-state index in [0.717, 1.165) is 25.8 Å². The maximum Gasteiger partial charge on any atom is 0.253 e. The molecule has 1 amide bonds. The number of hydrogen-bond donors (Lipinski definition) is 0. The predicted octanol–water partition coefficient (Wildman–Crippen LogP) is 1.34. The number of benzene rings is 1. The summed E-state index contributed by atoms with van der Waals surface area (Å²) in [4.78, 5) is 24.0. The molecule has 1 aliphatic rings. The van der Waals surface area contributed by atoms with Gasteiger partial charge in [0.25, 0.3) is 5.91 Å². The molecule has 0 unspecified atom stereocenters. The van der Waals surface area contributed by atoms with Gasteiger partial charge in [-0.15, -0.1) is 0 Å². The summed E-state index contributed by atoms with van der Waals surface area (Å²) < 4.78 is 0. The highest BCUT2D eigenvalue weighted by molar-refractivity contribution is 5.96. The van der Waals surface area contributed by atoms with Gasteiger partial charge in [-0.2, -0.15) is 0 Å². The average Bonchev–Trinajstić information content (AvgIpc) is 2.15. The summed E-state index contributed by atoms with van der Waals surface area (Å²) in [6.07, 6.45) is 1.84. The molecule has 72 valence electrons. The van der Waals surface area contributed by atoms with Crippen molar-refractivity contribution in [3.63, 3.8) is 0 Å². The number of nitrogens with zero attached hydrogens (tertiary/aromatic N) is 1. The third-order valence-corrected chi connectivity index (χ3v) is 2.41. The maximum absolute atomic E-state index is 11.7. The summed E-state index contributed by atoms with van der Waals surface area (Å²) >= 11 is 0. The molecule has 14 heavy (non-hydrogen) atoms. The zero-order valence-electron chi connectivity index (χ0n) is 7.77. The van der Waals surface area contributed by atoms with Gasteiger partial charge in [-0.1, -0.05) is 12.1 Å². The van der Waals surface area contributed by atoms with E-state index in [1.807, 2.05) is 0 Å². The van der Waals surface area contributed by atoms with E-state index in [9.17, 15) is 9.59 Å². The summed E-state index contributed by atoms with van der Waals surface area (Å²) in [5, 5.41) is 0. The Balaban J connectivity index is 2.21.